The first-order valence-corrected chi connectivity index (χ1v) is 8.03. The molecule has 3 rings (SSSR count). The minimum absolute atomic E-state index is 0.0000702. The van der Waals surface area contributed by atoms with Crippen molar-refractivity contribution in [2.24, 2.45) is 0 Å². The number of ether oxygens (including phenoxy) is 1. The number of carboxylic acids is 1. The van der Waals surface area contributed by atoms with Gasteiger partial charge in [-0.2, -0.15) is 0 Å². The van der Waals surface area contributed by atoms with Gasteiger partial charge in [0.2, 0.25) is 0 Å². The average Bonchev–Trinajstić information content (AvgIpc) is 2.62. The molecule has 0 radical (unpaired) electrons. The number of carbonyl (C=O) groups is 2. The molecular formula is C19H17N3O4. The van der Waals surface area contributed by atoms with Crippen LogP contribution >= 0.6 is 0 Å². The predicted octanol–water partition coefficient (Wildman–Crippen LogP) is 3.56. The van der Waals surface area contributed by atoms with Crippen molar-refractivity contribution in [3.8, 4) is 0 Å². The summed E-state index contributed by atoms with van der Waals surface area (Å²) in [4.78, 5) is 32.2. The molecule has 0 fully saturated rings. The van der Waals surface area contributed by atoms with Gasteiger partial charge in [0.1, 0.15) is 16.9 Å². The van der Waals surface area contributed by atoms with E-state index in [1.165, 1.54) is 24.5 Å². The van der Waals surface area contributed by atoms with E-state index < -0.39 is 11.9 Å². The van der Waals surface area contributed by atoms with Crippen molar-refractivity contribution < 1.29 is 19.4 Å². The number of pyridine rings is 2. The van der Waals surface area contributed by atoms with E-state index in [9.17, 15) is 14.7 Å². The highest BCUT2D eigenvalue weighted by molar-refractivity contribution is 6.07. The summed E-state index contributed by atoms with van der Waals surface area (Å²) in [6.45, 7) is 3.85. The van der Waals surface area contributed by atoms with Gasteiger partial charge in [-0.05, 0) is 38.1 Å². The standard InChI is InChI=1S/C19H17N3O4/c1-3-26-19(25)14-10-21-15-7-6-11(2)9-13(15)16(14)22-17-12(18(23)24)5-4-8-20-17/h4-10H,3H2,1-2H3,(H,23,24)(H,20,21,22). The van der Waals surface area contributed by atoms with Gasteiger partial charge in [-0.3, -0.25) is 4.98 Å². The van der Waals surface area contributed by atoms with Crippen molar-refractivity contribution in [1.29, 1.82) is 0 Å². The summed E-state index contributed by atoms with van der Waals surface area (Å²) in [7, 11) is 0. The van der Waals surface area contributed by atoms with E-state index in [4.69, 9.17) is 4.74 Å². The quantitative estimate of drug-likeness (QED) is 0.678. The normalized spacial score (nSPS) is 10.5. The summed E-state index contributed by atoms with van der Waals surface area (Å²) in [5, 5.41) is 13.1. The zero-order valence-corrected chi connectivity index (χ0v) is 14.3. The Balaban J connectivity index is 2.22. The molecule has 0 amide bonds. The number of aromatic nitrogens is 2. The van der Waals surface area contributed by atoms with Crippen LogP contribution in [0.2, 0.25) is 0 Å². The van der Waals surface area contributed by atoms with E-state index in [-0.39, 0.29) is 23.6 Å². The lowest BCUT2D eigenvalue weighted by Crippen LogP contribution is -2.11. The number of carbonyl (C=O) groups excluding carboxylic acids is 1. The van der Waals surface area contributed by atoms with Crippen molar-refractivity contribution in [1.82, 2.24) is 9.97 Å². The molecule has 0 aliphatic carbocycles. The fourth-order valence-electron chi connectivity index (χ4n) is 2.60. The van der Waals surface area contributed by atoms with Crippen LogP contribution in [-0.4, -0.2) is 33.6 Å². The highest BCUT2D eigenvalue weighted by Crippen LogP contribution is 2.31. The highest BCUT2D eigenvalue weighted by atomic mass is 16.5. The number of nitrogens with zero attached hydrogens (tertiary/aromatic N) is 2. The Kier molecular flexibility index (Phi) is 4.79. The molecule has 2 N–H and O–H groups in total. The second kappa shape index (κ2) is 7.18. The predicted molar refractivity (Wildman–Crippen MR) is 96.9 cm³/mol. The Morgan fingerprint density at radius 2 is 2.00 bits per heavy atom. The van der Waals surface area contributed by atoms with Crippen molar-refractivity contribution in [3.63, 3.8) is 0 Å². The van der Waals surface area contributed by atoms with Crippen LogP contribution in [0.1, 0.15) is 33.2 Å². The van der Waals surface area contributed by atoms with Gasteiger partial charge in [-0.15, -0.1) is 0 Å². The van der Waals surface area contributed by atoms with E-state index in [0.29, 0.717) is 16.6 Å². The van der Waals surface area contributed by atoms with E-state index in [1.54, 1.807) is 6.92 Å². The number of hydrogen-bond donors (Lipinski definition) is 2. The largest absolute Gasteiger partial charge is 0.478 e. The summed E-state index contributed by atoms with van der Waals surface area (Å²) in [5.74, 6) is -1.52. The number of rotatable bonds is 5. The topological polar surface area (TPSA) is 101 Å². The minimum Gasteiger partial charge on any atom is -0.478 e. The Bertz CT molecular complexity index is 1000. The first kappa shape index (κ1) is 17.3. The van der Waals surface area contributed by atoms with Crippen molar-refractivity contribution >= 4 is 34.3 Å². The maximum Gasteiger partial charge on any atom is 0.341 e. The number of aromatic carboxylic acids is 1. The molecule has 3 aromatic rings. The van der Waals surface area contributed by atoms with Crippen LogP contribution in [0, 0.1) is 6.92 Å². The van der Waals surface area contributed by atoms with Crippen LogP contribution in [0.3, 0.4) is 0 Å². The van der Waals surface area contributed by atoms with Gasteiger partial charge in [0.05, 0.1) is 17.8 Å². The van der Waals surface area contributed by atoms with Crippen LogP contribution in [0.15, 0.2) is 42.7 Å². The van der Waals surface area contributed by atoms with Gasteiger partial charge >= 0.3 is 11.9 Å². The molecule has 26 heavy (non-hydrogen) atoms. The second-order valence-corrected chi connectivity index (χ2v) is 5.62. The fraction of sp³-hybridized carbons (Fsp3) is 0.158. The first-order chi connectivity index (χ1) is 12.5. The van der Waals surface area contributed by atoms with Crippen molar-refractivity contribution in [2.45, 2.75) is 13.8 Å². The minimum atomic E-state index is -1.12. The molecule has 0 spiro atoms. The molecule has 7 heteroatoms. The van der Waals surface area contributed by atoms with Crippen LogP contribution in [-0.2, 0) is 4.74 Å². The molecule has 0 aliphatic rings. The highest BCUT2D eigenvalue weighted by Gasteiger charge is 2.19. The molecule has 132 valence electrons. The maximum absolute atomic E-state index is 12.4. The molecule has 0 unspecified atom stereocenters. The van der Waals surface area contributed by atoms with Gasteiger partial charge in [0, 0.05) is 17.8 Å². The third kappa shape index (κ3) is 3.32. The summed E-state index contributed by atoms with van der Waals surface area (Å²) >= 11 is 0. The molecule has 0 bridgehead atoms. The zero-order chi connectivity index (χ0) is 18.7. The molecule has 7 nitrogen and oxygen atoms in total. The second-order valence-electron chi connectivity index (χ2n) is 5.62. The Morgan fingerprint density at radius 1 is 1.19 bits per heavy atom. The van der Waals surface area contributed by atoms with E-state index in [2.05, 4.69) is 15.3 Å². The Labute approximate surface area is 149 Å². The number of nitrogens with one attached hydrogen (secondary N) is 1. The summed E-state index contributed by atoms with van der Waals surface area (Å²) in [5.41, 5.74) is 2.27. The van der Waals surface area contributed by atoms with Gasteiger partial charge in [0.15, 0.2) is 0 Å². The third-order valence-corrected chi connectivity index (χ3v) is 3.80. The molecular weight excluding hydrogens is 334 g/mol. The Hall–Kier alpha value is -3.48. The Morgan fingerprint density at radius 3 is 2.73 bits per heavy atom. The van der Waals surface area contributed by atoms with E-state index in [1.807, 2.05) is 25.1 Å². The van der Waals surface area contributed by atoms with Gasteiger partial charge < -0.3 is 15.2 Å². The molecule has 2 aromatic heterocycles. The average molecular weight is 351 g/mol. The maximum atomic E-state index is 12.4. The lowest BCUT2D eigenvalue weighted by atomic mass is 10.1. The number of fused-ring (bicyclic) bond motifs is 1. The van der Waals surface area contributed by atoms with Gasteiger partial charge in [-0.1, -0.05) is 11.6 Å². The third-order valence-electron chi connectivity index (χ3n) is 3.80. The SMILES string of the molecule is CCOC(=O)c1cnc2ccc(C)cc2c1Nc1ncccc1C(=O)O. The number of benzene rings is 1. The molecule has 1 aromatic carbocycles. The van der Waals surface area contributed by atoms with Gasteiger partial charge in [0.25, 0.3) is 0 Å². The number of anilines is 2. The molecule has 0 atom stereocenters. The smallest absolute Gasteiger partial charge is 0.341 e. The lowest BCUT2D eigenvalue weighted by Gasteiger charge is -2.15. The van der Waals surface area contributed by atoms with Crippen LogP contribution in [0.4, 0.5) is 11.5 Å². The molecule has 2 heterocycles. The molecule has 0 aliphatic heterocycles. The summed E-state index contributed by atoms with van der Waals surface area (Å²) < 4.78 is 5.11. The summed E-state index contributed by atoms with van der Waals surface area (Å²) in [6, 6.07) is 8.59. The first-order valence-electron chi connectivity index (χ1n) is 8.03. The fourth-order valence-corrected chi connectivity index (χ4v) is 2.60. The lowest BCUT2D eigenvalue weighted by molar-refractivity contribution is 0.0527. The van der Waals surface area contributed by atoms with Crippen LogP contribution in [0.5, 0.6) is 0 Å². The van der Waals surface area contributed by atoms with Gasteiger partial charge in [-0.25, -0.2) is 14.6 Å². The monoisotopic (exact) mass is 351 g/mol. The van der Waals surface area contributed by atoms with Crippen LogP contribution < -0.4 is 5.32 Å². The van der Waals surface area contributed by atoms with E-state index in [0.717, 1.165) is 5.56 Å². The number of carboxylic acid groups (broad SMARTS) is 1. The van der Waals surface area contributed by atoms with E-state index >= 15 is 0 Å². The number of hydrogen-bond acceptors (Lipinski definition) is 6. The molecule has 0 saturated heterocycles. The van der Waals surface area contributed by atoms with Crippen LogP contribution in [0.25, 0.3) is 10.9 Å². The number of aryl methyl sites for hydroxylation is 1. The zero-order valence-electron chi connectivity index (χ0n) is 14.3. The molecule has 0 saturated carbocycles. The van der Waals surface area contributed by atoms with Crippen molar-refractivity contribution in [2.75, 3.05) is 11.9 Å². The summed E-state index contributed by atoms with van der Waals surface area (Å²) in [6.07, 6.45) is 2.90. The van der Waals surface area contributed by atoms with Crippen molar-refractivity contribution in [3.05, 3.63) is 59.4 Å². The number of esters is 1.